The molecule has 0 aliphatic heterocycles. The first-order chi connectivity index (χ1) is 23.9. The summed E-state index contributed by atoms with van der Waals surface area (Å²) < 4.78 is 18.4. The van der Waals surface area contributed by atoms with Gasteiger partial charge in [0.05, 0.1) is 6.61 Å². The van der Waals surface area contributed by atoms with Gasteiger partial charge >= 0.3 is 17.9 Å². The van der Waals surface area contributed by atoms with E-state index in [0.29, 0.717) is 29.1 Å². The minimum atomic E-state index is -0.313. The number of esters is 3. The van der Waals surface area contributed by atoms with Crippen LogP contribution in [0.1, 0.15) is 134 Å². The number of hydrogen-bond acceptors (Lipinski definition) is 7. The van der Waals surface area contributed by atoms with Gasteiger partial charge in [0.2, 0.25) is 0 Å². The van der Waals surface area contributed by atoms with Gasteiger partial charge < -0.3 is 19.3 Å². The number of aliphatic hydroxyl groups is 1. The molecule has 5 rings (SSSR count). The summed E-state index contributed by atoms with van der Waals surface area (Å²) in [6, 6.07) is 0. The van der Waals surface area contributed by atoms with Crippen molar-refractivity contribution in [3.8, 4) is 0 Å². The van der Waals surface area contributed by atoms with Crippen molar-refractivity contribution in [1.82, 2.24) is 0 Å². The van der Waals surface area contributed by atoms with Crippen LogP contribution in [0.5, 0.6) is 0 Å². The molecule has 0 saturated heterocycles. The Morgan fingerprint density at radius 2 is 1.41 bits per heavy atom. The van der Waals surface area contributed by atoms with Gasteiger partial charge in [-0.1, -0.05) is 64.5 Å². The van der Waals surface area contributed by atoms with Crippen molar-refractivity contribution in [2.45, 2.75) is 146 Å². The van der Waals surface area contributed by atoms with Gasteiger partial charge in [0.1, 0.15) is 12.2 Å². The van der Waals surface area contributed by atoms with Crippen LogP contribution >= 0.6 is 0 Å². The van der Waals surface area contributed by atoms with Crippen LogP contribution < -0.4 is 0 Å². The van der Waals surface area contributed by atoms with Gasteiger partial charge in [0.15, 0.2) is 0 Å². The molecule has 0 heterocycles. The molecule has 0 bridgehead atoms. The number of rotatable bonds is 8. The van der Waals surface area contributed by atoms with Gasteiger partial charge in [-0.15, -0.1) is 0 Å². The van der Waals surface area contributed by atoms with E-state index in [9.17, 15) is 19.5 Å². The molecule has 0 aromatic heterocycles. The normalized spacial score (nSPS) is 40.8. The summed E-state index contributed by atoms with van der Waals surface area (Å²) in [5.41, 5.74) is 2.75. The second-order valence-electron chi connectivity index (χ2n) is 18.4. The van der Waals surface area contributed by atoms with E-state index >= 15 is 0 Å². The Bertz CT molecular complexity index is 1510. The van der Waals surface area contributed by atoms with Crippen molar-refractivity contribution in [2.24, 2.45) is 50.7 Å². The standard InChI is InChI=1S/C44H66O7/c1-12-27(4)37(46)49-25-30-31-17-20-43(11)35(41(31,9)19-18-34(30)50-38(47)28(5)13-2)16-15-32-33-23-40(7,8)36(51-39(48)29(6)14-3)24-44(33,26-45)22-21-42(32,43)10/h12-15,30-31,33-36,45H,16-26H2,1-11H3/b27-12+,28-13+,29-14+/t30-,31?,33?,34+,35?,36+,41+,42-,43-,44+/m1/s1. The topological polar surface area (TPSA) is 99.1 Å². The molecule has 0 amide bonds. The van der Waals surface area contributed by atoms with E-state index in [0.717, 1.165) is 51.4 Å². The monoisotopic (exact) mass is 706 g/mol. The van der Waals surface area contributed by atoms with Crippen LogP contribution in [0, 0.1) is 50.7 Å². The molecule has 0 aromatic rings. The molecule has 4 saturated carbocycles. The van der Waals surface area contributed by atoms with Crippen LogP contribution in [0.15, 0.2) is 46.6 Å². The van der Waals surface area contributed by atoms with E-state index in [1.807, 2.05) is 20.8 Å². The molecule has 5 aliphatic carbocycles. The molecule has 0 spiro atoms. The third-order valence-electron chi connectivity index (χ3n) is 15.7. The van der Waals surface area contributed by atoms with Gasteiger partial charge in [-0.3, -0.25) is 0 Å². The second-order valence-corrected chi connectivity index (χ2v) is 18.4. The number of hydrogen-bond donors (Lipinski definition) is 1. The summed E-state index contributed by atoms with van der Waals surface area (Å²) >= 11 is 0. The lowest BCUT2D eigenvalue weighted by atomic mass is 9.34. The first-order valence-electron chi connectivity index (χ1n) is 19.7. The number of carbonyl (C=O) groups is 3. The van der Waals surface area contributed by atoms with Gasteiger partial charge in [0, 0.05) is 40.1 Å². The maximum absolute atomic E-state index is 13.1. The molecule has 10 atom stereocenters. The fraction of sp³-hybridized carbons (Fsp3) is 0.750. The summed E-state index contributed by atoms with van der Waals surface area (Å²) in [5, 5.41) is 11.2. The van der Waals surface area contributed by atoms with Gasteiger partial charge in [-0.05, 0) is 133 Å². The first-order valence-corrected chi connectivity index (χ1v) is 19.7. The highest BCUT2D eigenvalue weighted by atomic mass is 16.6. The third kappa shape index (κ3) is 6.50. The summed E-state index contributed by atoms with van der Waals surface area (Å²) in [6.45, 7) is 23.3. The highest BCUT2D eigenvalue weighted by molar-refractivity contribution is 5.88. The van der Waals surface area contributed by atoms with Crippen LogP contribution in [0.4, 0.5) is 0 Å². The molecule has 4 fully saturated rings. The number of ether oxygens (including phenoxy) is 3. The van der Waals surface area contributed by atoms with Crippen molar-refractivity contribution in [3.63, 3.8) is 0 Å². The SMILES string of the molecule is C/C=C(\C)C(=O)OC[C@@H]1C2CC[C@]3(C)C(CC=C4C5CC(C)(C)[C@@H](OC(=O)/C(C)=C/C)C[C@]5(CO)CC[C@]43C)[C@@]2(C)CC[C@@H]1OC(=O)/C(C)=C/C. The van der Waals surface area contributed by atoms with Crippen LogP contribution in [0.2, 0.25) is 0 Å². The van der Waals surface area contributed by atoms with E-state index < -0.39 is 0 Å². The minimum absolute atomic E-state index is 0.0232. The maximum atomic E-state index is 13.1. The molecule has 0 aromatic carbocycles. The maximum Gasteiger partial charge on any atom is 0.333 e. The zero-order valence-corrected chi connectivity index (χ0v) is 33.4. The van der Waals surface area contributed by atoms with E-state index in [-0.39, 0.29) is 88.2 Å². The van der Waals surface area contributed by atoms with Crippen molar-refractivity contribution < 1.29 is 33.7 Å². The summed E-state index contributed by atoms with van der Waals surface area (Å²) in [5.74, 6) is -0.0445. The van der Waals surface area contributed by atoms with Crippen molar-refractivity contribution in [2.75, 3.05) is 13.2 Å². The Labute approximate surface area is 307 Å². The highest BCUT2D eigenvalue weighted by Crippen LogP contribution is 2.75. The average molecular weight is 707 g/mol. The molecular formula is C44H66O7. The van der Waals surface area contributed by atoms with Crippen molar-refractivity contribution in [3.05, 3.63) is 46.6 Å². The zero-order valence-electron chi connectivity index (χ0n) is 33.4. The second kappa shape index (κ2) is 14.3. The van der Waals surface area contributed by atoms with E-state index in [4.69, 9.17) is 14.2 Å². The third-order valence-corrected chi connectivity index (χ3v) is 15.7. The zero-order chi connectivity index (χ0) is 37.7. The molecular weight excluding hydrogens is 640 g/mol. The van der Waals surface area contributed by atoms with Crippen LogP contribution in [-0.2, 0) is 28.6 Å². The van der Waals surface area contributed by atoms with E-state index in [1.165, 1.54) is 5.57 Å². The molecule has 284 valence electrons. The van der Waals surface area contributed by atoms with Gasteiger partial charge in [-0.2, -0.15) is 0 Å². The summed E-state index contributed by atoms with van der Waals surface area (Å²) in [6.07, 6.45) is 15.5. The fourth-order valence-corrected chi connectivity index (χ4v) is 11.7. The summed E-state index contributed by atoms with van der Waals surface area (Å²) in [7, 11) is 0. The fourth-order valence-electron chi connectivity index (χ4n) is 11.7. The number of allylic oxidation sites excluding steroid dienone is 5. The Morgan fingerprint density at radius 3 is 2.02 bits per heavy atom. The smallest absolute Gasteiger partial charge is 0.333 e. The van der Waals surface area contributed by atoms with E-state index in [2.05, 4.69) is 40.7 Å². The Morgan fingerprint density at radius 1 is 0.804 bits per heavy atom. The van der Waals surface area contributed by atoms with Gasteiger partial charge in [-0.25, -0.2) is 14.4 Å². The molecule has 51 heavy (non-hydrogen) atoms. The lowest BCUT2D eigenvalue weighted by molar-refractivity contribution is -0.204. The Balaban J connectivity index is 1.47. The predicted molar refractivity (Wildman–Crippen MR) is 200 cm³/mol. The lowest BCUT2D eigenvalue weighted by Gasteiger charge is -2.70. The molecule has 7 heteroatoms. The largest absolute Gasteiger partial charge is 0.462 e. The van der Waals surface area contributed by atoms with Crippen LogP contribution in [-0.4, -0.2) is 48.4 Å². The number of fused-ring (bicyclic) bond motifs is 7. The molecule has 1 N–H and O–H groups in total. The quantitative estimate of drug-likeness (QED) is 0.116. The predicted octanol–water partition coefficient (Wildman–Crippen LogP) is 9.25. The molecule has 0 radical (unpaired) electrons. The highest BCUT2D eigenvalue weighted by Gasteiger charge is 2.68. The number of carbonyl (C=O) groups excluding carboxylic acids is 3. The first kappa shape index (κ1) is 39.5. The summed E-state index contributed by atoms with van der Waals surface area (Å²) in [4.78, 5) is 38.9. The van der Waals surface area contributed by atoms with Crippen LogP contribution in [0.25, 0.3) is 0 Å². The minimum Gasteiger partial charge on any atom is -0.462 e. The van der Waals surface area contributed by atoms with Gasteiger partial charge in [0.25, 0.3) is 0 Å². The molecule has 3 unspecified atom stereocenters. The Hall–Kier alpha value is -2.67. The van der Waals surface area contributed by atoms with Crippen molar-refractivity contribution >= 4 is 17.9 Å². The average Bonchev–Trinajstić information content (AvgIpc) is 3.10. The van der Waals surface area contributed by atoms with E-state index in [1.54, 1.807) is 39.0 Å². The molecule has 7 nitrogen and oxygen atoms in total. The molecule has 5 aliphatic rings. The number of aliphatic hydroxyl groups excluding tert-OH is 1. The van der Waals surface area contributed by atoms with Crippen molar-refractivity contribution in [1.29, 1.82) is 0 Å². The lowest BCUT2D eigenvalue weighted by Crippen LogP contribution is -2.64. The Kier molecular flexibility index (Phi) is 11.1. The van der Waals surface area contributed by atoms with Crippen LogP contribution in [0.3, 0.4) is 0 Å².